The molecule has 0 spiro atoms. The predicted octanol–water partition coefficient (Wildman–Crippen LogP) is 4.08. The summed E-state index contributed by atoms with van der Waals surface area (Å²) in [6.45, 7) is 15.1. The molecule has 0 aromatic heterocycles. The van der Waals surface area contributed by atoms with Gasteiger partial charge in [-0.15, -0.1) is 0 Å². The Kier molecular flexibility index (Phi) is 5.03. The molecule has 108 valence electrons. The van der Waals surface area contributed by atoms with Gasteiger partial charge in [0, 0.05) is 12.2 Å². The highest BCUT2D eigenvalue weighted by atomic mass is 14.9. The zero-order valence-corrected chi connectivity index (χ0v) is 13.4. The molecule has 0 saturated carbocycles. The van der Waals surface area contributed by atoms with E-state index in [1.165, 1.54) is 16.8 Å². The highest BCUT2D eigenvalue weighted by molar-refractivity contribution is 5.54. The summed E-state index contributed by atoms with van der Waals surface area (Å²) in [6.07, 6.45) is 1.04. The maximum atomic E-state index is 5.67. The average Bonchev–Trinajstić information content (AvgIpc) is 2.26. The van der Waals surface area contributed by atoms with Gasteiger partial charge in [0.1, 0.15) is 0 Å². The quantitative estimate of drug-likeness (QED) is 0.839. The van der Waals surface area contributed by atoms with Crippen LogP contribution in [0.15, 0.2) is 18.2 Å². The van der Waals surface area contributed by atoms with E-state index in [9.17, 15) is 0 Å². The minimum Gasteiger partial charge on any atom is -0.384 e. The van der Waals surface area contributed by atoms with E-state index >= 15 is 0 Å². The fourth-order valence-corrected chi connectivity index (χ4v) is 2.09. The van der Waals surface area contributed by atoms with Crippen molar-refractivity contribution >= 4 is 5.69 Å². The molecule has 2 nitrogen and oxygen atoms in total. The lowest BCUT2D eigenvalue weighted by atomic mass is 9.86. The smallest absolute Gasteiger partial charge is 0.0373 e. The predicted molar refractivity (Wildman–Crippen MR) is 85.8 cm³/mol. The molecule has 0 atom stereocenters. The van der Waals surface area contributed by atoms with Crippen molar-refractivity contribution in [2.75, 3.05) is 18.4 Å². The van der Waals surface area contributed by atoms with Crippen LogP contribution in [0.25, 0.3) is 0 Å². The van der Waals surface area contributed by atoms with Gasteiger partial charge in [0.15, 0.2) is 0 Å². The molecule has 19 heavy (non-hydrogen) atoms. The van der Waals surface area contributed by atoms with Crippen LogP contribution >= 0.6 is 0 Å². The molecular weight excluding hydrogens is 232 g/mol. The van der Waals surface area contributed by atoms with Crippen molar-refractivity contribution in [1.82, 2.24) is 0 Å². The number of nitrogens with two attached hydrogens (primary N) is 1. The Morgan fingerprint density at radius 1 is 1.11 bits per heavy atom. The first-order valence-corrected chi connectivity index (χ1v) is 7.21. The molecule has 0 heterocycles. The van der Waals surface area contributed by atoms with E-state index in [-0.39, 0.29) is 10.8 Å². The number of hydrogen-bond donors (Lipinski definition) is 2. The Balaban J connectivity index is 2.84. The lowest BCUT2D eigenvalue weighted by Crippen LogP contribution is -2.26. The first-order chi connectivity index (χ1) is 8.65. The highest BCUT2D eigenvalue weighted by Gasteiger charge is 2.18. The van der Waals surface area contributed by atoms with Crippen LogP contribution in [0.1, 0.15) is 52.2 Å². The van der Waals surface area contributed by atoms with Gasteiger partial charge in [-0.05, 0) is 47.9 Å². The van der Waals surface area contributed by atoms with Crippen LogP contribution in [0.5, 0.6) is 0 Å². The molecule has 0 bridgehead atoms. The second-order valence-electron chi connectivity index (χ2n) is 7.34. The lowest BCUT2D eigenvalue weighted by Gasteiger charge is -2.26. The van der Waals surface area contributed by atoms with Gasteiger partial charge in [-0.3, -0.25) is 0 Å². The van der Waals surface area contributed by atoms with Gasteiger partial charge in [0.05, 0.1) is 0 Å². The van der Waals surface area contributed by atoms with Crippen LogP contribution in [0.2, 0.25) is 0 Å². The zero-order chi connectivity index (χ0) is 14.7. The molecule has 2 heteroatoms. The molecule has 0 amide bonds. The lowest BCUT2D eigenvalue weighted by molar-refractivity contribution is 0.365. The van der Waals surface area contributed by atoms with Gasteiger partial charge in [-0.2, -0.15) is 0 Å². The Morgan fingerprint density at radius 2 is 1.74 bits per heavy atom. The van der Waals surface area contributed by atoms with Crippen LogP contribution in [-0.4, -0.2) is 13.1 Å². The van der Waals surface area contributed by atoms with Crippen LogP contribution < -0.4 is 11.1 Å². The number of rotatable bonds is 5. The normalized spacial score (nSPS) is 12.6. The van der Waals surface area contributed by atoms with Gasteiger partial charge in [-0.1, -0.05) is 46.8 Å². The molecule has 0 radical (unpaired) electrons. The van der Waals surface area contributed by atoms with E-state index < -0.39 is 0 Å². The molecule has 0 aliphatic heterocycles. The second-order valence-corrected chi connectivity index (χ2v) is 7.34. The largest absolute Gasteiger partial charge is 0.384 e. The molecule has 0 aliphatic carbocycles. The molecule has 0 fully saturated rings. The third-order valence-electron chi connectivity index (χ3n) is 3.68. The number of nitrogens with one attached hydrogen (secondary N) is 1. The van der Waals surface area contributed by atoms with Crippen molar-refractivity contribution in [3.63, 3.8) is 0 Å². The van der Waals surface area contributed by atoms with Gasteiger partial charge >= 0.3 is 0 Å². The minimum atomic E-state index is 0.191. The summed E-state index contributed by atoms with van der Waals surface area (Å²) >= 11 is 0. The van der Waals surface area contributed by atoms with E-state index in [2.05, 4.69) is 65.1 Å². The van der Waals surface area contributed by atoms with Crippen molar-refractivity contribution in [3.8, 4) is 0 Å². The molecule has 0 aliphatic rings. The SMILES string of the molecule is Cc1ccc(C(C)(C)C)cc1NCC(C)(C)CCN. The summed E-state index contributed by atoms with van der Waals surface area (Å²) in [5, 5.41) is 3.59. The van der Waals surface area contributed by atoms with Gasteiger partial charge in [0.2, 0.25) is 0 Å². The molecule has 1 rings (SSSR count). The zero-order valence-electron chi connectivity index (χ0n) is 13.4. The first kappa shape index (κ1) is 16.0. The standard InChI is InChI=1S/C17H30N2/c1-13-7-8-14(16(2,3)4)11-15(13)19-12-17(5,6)9-10-18/h7-8,11,19H,9-10,12,18H2,1-6H3. The Morgan fingerprint density at radius 3 is 2.26 bits per heavy atom. The maximum absolute atomic E-state index is 5.67. The summed E-state index contributed by atoms with van der Waals surface area (Å²) in [4.78, 5) is 0. The molecule has 0 unspecified atom stereocenters. The van der Waals surface area contributed by atoms with E-state index in [0.29, 0.717) is 0 Å². The van der Waals surface area contributed by atoms with Crippen LogP contribution in [0.3, 0.4) is 0 Å². The maximum Gasteiger partial charge on any atom is 0.0373 e. The summed E-state index contributed by atoms with van der Waals surface area (Å²) in [5.41, 5.74) is 10.0. The second kappa shape index (κ2) is 5.96. The van der Waals surface area contributed by atoms with Crippen LogP contribution in [0, 0.1) is 12.3 Å². The van der Waals surface area contributed by atoms with Crippen molar-refractivity contribution in [3.05, 3.63) is 29.3 Å². The molecular formula is C17H30N2. The average molecular weight is 262 g/mol. The molecule has 1 aromatic carbocycles. The highest BCUT2D eigenvalue weighted by Crippen LogP contribution is 2.28. The summed E-state index contributed by atoms with van der Waals surface area (Å²) in [5.74, 6) is 0. The van der Waals surface area contributed by atoms with Crippen molar-refractivity contribution < 1.29 is 0 Å². The minimum absolute atomic E-state index is 0.191. The molecule has 3 N–H and O–H groups in total. The van der Waals surface area contributed by atoms with Crippen LogP contribution in [-0.2, 0) is 5.41 Å². The molecule has 0 saturated heterocycles. The van der Waals surface area contributed by atoms with Crippen molar-refractivity contribution in [1.29, 1.82) is 0 Å². The first-order valence-electron chi connectivity index (χ1n) is 7.21. The fraction of sp³-hybridized carbons (Fsp3) is 0.647. The topological polar surface area (TPSA) is 38.0 Å². The summed E-state index contributed by atoms with van der Waals surface area (Å²) in [7, 11) is 0. The van der Waals surface area contributed by atoms with Gasteiger partial charge in [-0.25, -0.2) is 0 Å². The number of aryl methyl sites for hydroxylation is 1. The third-order valence-corrected chi connectivity index (χ3v) is 3.68. The van der Waals surface area contributed by atoms with E-state index in [1.54, 1.807) is 0 Å². The number of anilines is 1. The van der Waals surface area contributed by atoms with E-state index in [0.717, 1.165) is 19.5 Å². The van der Waals surface area contributed by atoms with E-state index in [4.69, 9.17) is 5.73 Å². The van der Waals surface area contributed by atoms with Gasteiger partial charge in [0.25, 0.3) is 0 Å². The van der Waals surface area contributed by atoms with Crippen molar-refractivity contribution in [2.24, 2.45) is 11.1 Å². The van der Waals surface area contributed by atoms with Crippen LogP contribution in [0.4, 0.5) is 5.69 Å². The number of benzene rings is 1. The monoisotopic (exact) mass is 262 g/mol. The Hall–Kier alpha value is -1.02. The summed E-state index contributed by atoms with van der Waals surface area (Å²) in [6, 6.07) is 6.72. The third kappa shape index (κ3) is 4.87. The summed E-state index contributed by atoms with van der Waals surface area (Å²) < 4.78 is 0. The van der Waals surface area contributed by atoms with Crippen molar-refractivity contribution in [2.45, 2.75) is 53.4 Å². The van der Waals surface area contributed by atoms with E-state index in [1.807, 2.05) is 0 Å². The number of hydrogen-bond acceptors (Lipinski definition) is 2. The Labute approximate surface area is 118 Å². The van der Waals surface area contributed by atoms with Gasteiger partial charge < -0.3 is 11.1 Å². The fourth-order valence-electron chi connectivity index (χ4n) is 2.09. The molecule has 1 aromatic rings. The Bertz CT molecular complexity index is 414.